The minimum Gasteiger partial charge on any atom is -0.491 e. The van der Waals surface area contributed by atoms with E-state index in [1.54, 1.807) is 0 Å². The van der Waals surface area contributed by atoms with Gasteiger partial charge in [-0.15, -0.1) is 0 Å². The normalized spacial score (nSPS) is 18.2. The third-order valence-corrected chi connectivity index (χ3v) is 3.71. The molecule has 1 saturated carbocycles. The van der Waals surface area contributed by atoms with E-state index in [2.05, 4.69) is 5.32 Å². The molecule has 0 aromatic heterocycles. The summed E-state index contributed by atoms with van der Waals surface area (Å²) in [5.74, 6) is 0.822. The van der Waals surface area contributed by atoms with E-state index in [1.807, 2.05) is 31.2 Å². The van der Waals surface area contributed by atoms with Gasteiger partial charge in [0.25, 0.3) is 0 Å². The van der Waals surface area contributed by atoms with Crippen molar-refractivity contribution in [2.45, 2.75) is 51.2 Å². The molecule has 3 nitrogen and oxygen atoms in total. The van der Waals surface area contributed by atoms with E-state index in [4.69, 9.17) is 4.74 Å². The number of aliphatic hydroxyl groups is 1. The average molecular weight is 263 g/mol. The second-order valence-corrected chi connectivity index (χ2v) is 5.52. The zero-order chi connectivity index (χ0) is 13.5. The third-order valence-electron chi connectivity index (χ3n) is 3.71. The predicted octanol–water partition coefficient (Wildman–Crippen LogP) is 2.66. The van der Waals surface area contributed by atoms with Crippen LogP contribution in [0.25, 0.3) is 0 Å². The number of aryl methyl sites for hydroxylation is 1. The van der Waals surface area contributed by atoms with E-state index in [0.717, 1.165) is 5.75 Å². The van der Waals surface area contributed by atoms with Gasteiger partial charge in [0.2, 0.25) is 0 Å². The number of hydrogen-bond donors (Lipinski definition) is 2. The summed E-state index contributed by atoms with van der Waals surface area (Å²) in [6.45, 7) is 3.02. The number of rotatable bonds is 6. The minimum absolute atomic E-state index is 0.350. The molecule has 0 heterocycles. The molecule has 1 aromatic rings. The van der Waals surface area contributed by atoms with Gasteiger partial charge in [0, 0.05) is 12.6 Å². The molecule has 1 aliphatic rings. The van der Waals surface area contributed by atoms with Crippen LogP contribution >= 0.6 is 0 Å². The van der Waals surface area contributed by atoms with E-state index in [9.17, 15) is 5.11 Å². The molecule has 3 heteroatoms. The van der Waals surface area contributed by atoms with Crippen LogP contribution in [-0.4, -0.2) is 30.4 Å². The zero-order valence-electron chi connectivity index (χ0n) is 11.8. The van der Waals surface area contributed by atoms with Crippen LogP contribution in [0.4, 0.5) is 0 Å². The van der Waals surface area contributed by atoms with Gasteiger partial charge in [0.05, 0.1) is 0 Å². The molecule has 1 fully saturated rings. The third kappa shape index (κ3) is 5.21. The van der Waals surface area contributed by atoms with Crippen molar-refractivity contribution < 1.29 is 9.84 Å². The molecular weight excluding hydrogens is 238 g/mol. The monoisotopic (exact) mass is 263 g/mol. The molecule has 0 bridgehead atoms. The second-order valence-electron chi connectivity index (χ2n) is 5.52. The first kappa shape index (κ1) is 14.4. The Morgan fingerprint density at radius 1 is 1.21 bits per heavy atom. The van der Waals surface area contributed by atoms with Gasteiger partial charge in [-0.05, 0) is 31.9 Å². The lowest BCUT2D eigenvalue weighted by molar-refractivity contribution is 0.102. The van der Waals surface area contributed by atoms with Crippen LogP contribution in [0.2, 0.25) is 0 Å². The largest absolute Gasteiger partial charge is 0.491 e. The summed E-state index contributed by atoms with van der Waals surface area (Å²) in [7, 11) is 0. The predicted molar refractivity (Wildman–Crippen MR) is 77.6 cm³/mol. The minimum atomic E-state index is -0.441. The van der Waals surface area contributed by atoms with Crippen molar-refractivity contribution in [2.75, 3.05) is 13.2 Å². The van der Waals surface area contributed by atoms with Gasteiger partial charge in [-0.1, -0.05) is 37.0 Å². The molecule has 0 amide bonds. The summed E-state index contributed by atoms with van der Waals surface area (Å²) in [4.78, 5) is 0. The Kier molecular flexibility index (Phi) is 5.67. The van der Waals surface area contributed by atoms with Crippen molar-refractivity contribution in [3.05, 3.63) is 29.8 Å². The fraction of sp³-hybridized carbons (Fsp3) is 0.625. The Hall–Kier alpha value is -1.06. The first-order valence-electron chi connectivity index (χ1n) is 7.35. The van der Waals surface area contributed by atoms with Gasteiger partial charge in [-0.3, -0.25) is 0 Å². The van der Waals surface area contributed by atoms with Crippen LogP contribution in [0.3, 0.4) is 0 Å². The number of benzene rings is 1. The Balaban J connectivity index is 1.63. The van der Waals surface area contributed by atoms with E-state index in [1.165, 1.54) is 37.7 Å². The Labute approximate surface area is 116 Å². The van der Waals surface area contributed by atoms with Crippen LogP contribution in [0.1, 0.15) is 37.7 Å². The van der Waals surface area contributed by atoms with Gasteiger partial charge >= 0.3 is 0 Å². The van der Waals surface area contributed by atoms with Crippen molar-refractivity contribution in [3.63, 3.8) is 0 Å². The van der Waals surface area contributed by atoms with Gasteiger partial charge in [0.15, 0.2) is 0 Å². The smallest absolute Gasteiger partial charge is 0.119 e. The van der Waals surface area contributed by atoms with Gasteiger partial charge in [-0.25, -0.2) is 0 Å². The summed E-state index contributed by atoms with van der Waals surface area (Å²) < 4.78 is 5.57. The van der Waals surface area contributed by atoms with Crippen LogP contribution in [-0.2, 0) is 0 Å². The van der Waals surface area contributed by atoms with Crippen molar-refractivity contribution in [1.29, 1.82) is 0 Å². The maximum absolute atomic E-state index is 9.91. The molecule has 1 atom stereocenters. The van der Waals surface area contributed by atoms with Gasteiger partial charge in [0.1, 0.15) is 18.5 Å². The molecule has 1 aromatic carbocycles. The van der Waals surface area contributed by atoms with Crippen molar-refractivity contribution in [3.8, 4) is 5.75 Å². The van der Waals surface area contributed by atoms with E-state index >= 15 is 0 Å². The van der Waals surface area contributed by atoms with E-state index < -0.39 is 6.10 Å². The SMILES string of the molecule is Cc1ccc(OC[C@H](O)CNC2CCCCC2)cc1. The molecule has 19 heavy (non-hydrogen) atoms. The van der Waals surface area contributed by atoms with Crippen LogP contribution in [0.5, 0.6) is 5.75 Å². The molecule has 0 saturated heterocycles. The zero-order valence-corrected chi connectivity index (χ0v) is 11.8. The van der Waals surface area contributed by atoms with Crippen LogP contribution < -0.4 is 10.1 Å². The quantitative estimate of drug-likeness (QED) is 0.829. The van der Waals surface area contributed by atoms with Gasteiger partial charge in [-0.2, -0.15) is 0 Å². The highest BCUT2D eigenvalue weighted by Crippen LogP contribution is 2.17. The number of ether oxygens (including phenoxy) is 1. The number of hydrogen-bond acceptors (Lipinski definition) is 3. The lowest BCUT2D eigenvalue weighted by atomic mass is 9.95. The standard InChI is InChI=1S/C16H25NO2/c1-13-7-9-16(10-8-13)19-12-15(18)11-17-14-5-3-2-4-6-14/h7-10,14-15,17-18H,2-6,11-12H2,1H3/t15-/m1/s1. The summed E-state index contributed by atoms with van der Waals surface area (Å²) in [5, 5.41) is 13.3. The molecule has 106 valence electrons. The van der Waals surface area contributed by atoms with Crippen molar-refractivity contribution in [1.82, 2.24) is 5.32 Å². The highest BCUT2D eigenvalue weighted by Gasteiger charge is 2.14. The molecule has 0 aliphatic heterocycles. The van der Waals surface area contributed by atoms with E-state index in [0.29, 0.717) is 19.2 Å². The van der Waals surface area contributed by atoms with E-state index in [-0.39, 0.29) is 0 Å². The topological polar surface area (TPSA) is 41.5 Å². The Morgan fingerprint density at radius 2 is 1.89 bits per heavy atom. The Morgan fingerprint density at radius 3 is 2.58 bits per heavy atom. The lowest BCUT2D eigenvalue weighted by Crippen LogP contribution is -2.38. The maximum Gasteiger partial charge on any atom is 0.119 e. The summed E-state index contributed by atoms with van der Waals surface area (Å²) >= 11 is 0. The molecule has 2 N–H and O–H groups in total. The van der Waals surface area contributed by atoms with Crippen molar-refractivity contribution >= 4 is 0 Å². The van der Waals surface area contributed by atoms with Crippen LogP contribution in [0.15, 0.2) is 24.3 Å². The summed E-state index contributed by atoms with van der Waals surface area (Å²) in [6, 6.07) is 8.50. The lowest BCUT2D eigenvalue weighted by Gasteiger charge is -2.24. The first-order valence-corrected chi connectivity index (χ1v) is 7.35. The first-order chi connectivity index (χ1) is 9.24. The molecule has 1 aliphatic carbocycles. The number of nitrogens with one attached hydrogen (secondary N) is 1. The highest BCUT2D eigenvalue weighted by atomic mass is 16.5. The highest BCUT2D eigenvalue weighted by molar-refractivity contribution is 5.26. The molecule has 0 unspecified atom stereocenters. The molecule has 0 spiro atoms. The summed E-state index contributed by atoms with van der Waals surface area (Å²) in [5.41, 5.74) is 1.21. The maximum atomic E-state index is 9.91. The fourth-order valence-corrected chi connectivity index (χ4v) is 2.50. The summed E-state index contributed by atoms with van der Waals surface area (Å²) in [6.07, 6.45) is 6.03. The average Bonchev–Trinajstić information content (AvgIpc) is 2.45. The molecule has 0 radical (unpaired) electrons. The molecular formula is C16H25NO2. The fourth-order valence-electron chi connectivity index (χ4n) is 2.50. The van der Waals surface area contributed by atoms with Gasteiger partial charge < -0.3 is 15.2 Å². The number of aliphatic hydroxyl groups excluding tert-OH is 1. The Bertz CT molecular complexity index is 358. The second kappa shape index (κ2) is 7.51. The molecule has 2 rings (SSSR count). The van der Waals surface area contributed by atoms with Crippen molar-refractivity contribution in [2.24, 2.45) is 0 Å². The van der Waals surface area contributed by atoms with Crippen LogP contribution in [0, 0.1) is 6.92 Å².